The van der Waals surface area contributed by atoms with Gasteiger partial charge in [0.1, 0.15) is 5.75 Å². The van der Waals surface area contributed by atoms with Crippen LogP contribution in [0, 0.1) is 0 Å². The highest BCUT2D eigenvalue weighted by atomic mass is 16.5. The molecule has 0 spiro atoms. The summed E-state index contributed by atoms with van der Waals surface area (Å²) in [5.74, 6) is 1.70. The molecule has 0 bridgehead atoms. The molecule has 4 aliphatic heterocycles. The van der Waals surface area contributed by atoms with E-state index in [1.165, 1.54) is 111 Å². The van der Waals surface area contributed by atoms with Gasteiger partial charge in [0.15, 0.2) is 5.75 Å². The molecule has 10 aromatic carbocycles. The molecule has 80 heavy (non-hydrogen) atoms. The Hall–Kier alpha value is -8.34. The number of benzene rings is 10. The fourth-order valence-electron chi connectivity index (χ4n) is 13.7. The summed E-state index contributed by atoms with van der Waals surface area (Å²) in [5, 5.41) is 0. The van der Waals surface area contributed by atoms with Crippen LogP contribution in [0.3, 0.4) is 0 Å². The van der Waals surface area contributed by atoms with Crippen molar-refractivity contribution in [2.45, 2.75) is 104 Å². The van der Waals surface area contributed by atoms with Gasteiger partial charge in [0.2, 0.25) is 0 Å². The van der Waals surface area contributed by atoms with E-state index in [2.05, 4.69) is 298 Å². The first-order valence-electron chi connectivity index (χ1n) is 28.8. The fourth-order valence-corrected chi connectivity index (χ4v) is 13.7. The van der Waals surface area contributed by atoms with Crippen molar-refractivity contribution in [1.82, 2.24) is 0 Å². The highest BCUT2D eigenvalue weighted by Gasteiger charge is 2.52. The van der Waals surface area contributed by atoms with Crippen molar-refractivity contribution in [3.05, 3.63) is 257 Å². The van der Waals surface area contributed by atoms with E-state index in [1.54, 1.807) is 0 Å². The molecule has 3 nitrogen and oxygen atoms in total. The smallest absolute Gasteiger partial charge is 0.329 e. The second kappa shape index (κ2) is 17.8. The monoisotopic (exact) mass is 1040 g/mol. The van der Waals surface area contributed by atoms with Crippen LogP contribution in [0.15, 0.2) is 212 Å². The average molecular weight is 1040 g/mol. The van der Waals surface area contributed by atoms with Crippen LogP contribution in [0.5, 0.6) is 11.5 Å². The van der Waals surface area contributed by atoms with Crippen molar-refractivity contribution in [1.29, 1.82) is 0 Å². The Morgan fingerprint density at radius 3 is 1.62 bits per heavy atom. The molecule has 0 fully saturated rings. The van der Waals surface area contributed by atoms with E-state index >= 15 is 0 Å². The molecule has 4 heterocycles. The Labute approximate surface area is 474 Å². The highest BCUT2D eigenvalue weighted by molar-refractivity contribution is 6.92. The molecule has 0 radical (unpaired) electrons. The zero-order valence-electron chi connectivity index (χ0n) is 48.2. The van der Waals surface area contributed by atoms with Crippen molar-refractivity contribution in [3.8, 4) is 56.0 Å². The lowest BCUT2D eigenvalue weighted by Gasteiger charge is -2.51. The molecule has 0 aliphatic carbocycles. The normalized spacial score (nSPS) is 15.4. The van der Waals surface area contributed by atoms with Crippen molar-refractivity contribution in [3.63, 3.8) is 0 Å². The molecular formula is C76H69BN2O. The van der Waals surface area contributed by atoms with Crippen LogP contribution in [0.2, 0.25) is 0 Å². The van der Waals surface area contributed by atoms with Gasteiger partial charge in [-0.05, 0) is 177 Å². The summed E-state index contributed by atoms with van der Waals surface area (Å²) in [4.78, 5) is 5.26. The molecule has 1 unspecified atom stereocenters. The first-order valence-corrected chi connectivity index (χ1v) is 28.8. The van der Waals surface area contributed by atoms with E-state index in [1.807, 2.05) is 0 Å². The van der Waals surface area contributed by atoms with Gasteiger partial charge >= 0.3 is 6.85 Å². The molecule has 10 aromatic rings. The zero-order valence-corrected chi connectivity index (χ0v) is 48.2. The average Bonchev–Trinajstić information content (AvgIpc) is 3.54. The van der Waals surface area contributed by atoms with E-state index in [-0.39, 0.29) is 29.0 Å². The van der Waals surface area contributed by atoms with Crippen LogP contribution in [0.1, 0.15) is 127 Å². The quantitative estimate of drug-likeness (QED) is 0.160. The van der Waals surface area contributed by atoms with Gasteiger partial charge in [0, 0.05) is 22.6 Å². The van der Waals surface area contributed by atoms with Gasteiger partial charge in [-0.25, -0.2) is 0 Å². The van der Waals surface area contributed by atoms with Crippen LogP contribution in [0.4, 0.5) is 28.4 Å². The van der Waals surface area contributed by atoms with Gasteiger partial charge in [-0.3, -0.25) is 0 Å². The second-order valence-electron chi connectivity index (χ2n) is 26.6. The van der Waals surface area contributed by atoms with E-state index in [4.69, 9.17) is 4.74 Å². The Kier molecular flexibility index (Phi) is 11.1. The molecule has 1 atom stereocenters. The third-order valence-corrected chi connectivity index (χ3v) is 18.0. The number of nitrogens with zero attached hydrogens (tertiary/aromatic N) is 2. The number of anilines is 5. The molecule has 4 heteroatoms. The van der Waals surface area contributed by atoms with Gasteiger partial charge in [-0.15, -0.1) is 0 Å². The van der Waals surface area contributed by atoms with Crippen molar-refractivity contribution in [2.75, 3.05) is 9.71 Å². The number of ether oxygens (including phenoxy) is 1. The SMILES string of the molecule is CC(C)(C)c1ccc(C2c3cc(-c4cc(-c5ccccc5)cc(-c5ccccc5)c4)ccc3B3c4c2cc2c(c4-c4cc(C(C)(C)C)cc5c4N3c3ccc(C(C)(C)C)cc3O5)C(C)(C)c3ccccc3N2c2ccccc2)cc1. The summed E-state index contributed by atoms with van der Waals surface area (Å²) in [6, 6.07) is 80.8. The lowest BCUT2D eigenvalue weighted by molar-refractivity contribution is 0.470. The van der Waals surface area contributed by atoms with Crippen LogP contribution in [-0.2, 0) is 21.7 Å². The van der Waals surface area contributed by atoms with E-state index in [0.29, 0.717) is 0 Å². The van der Waals surface area contributed by atoms with Gasteiger partial charge in [-0.1, -0.05) is 222 Å². The first kappa shape index (κ1) is 49.9. The van der Waals surface area contributed by atoms with Crippen molar-refractivity contribution >= 4 is 46.2 Å². The Bertz CT molecular complexity index is 4060. The van der Waals surface area contributed by atoms with Gasteiger partial charge in [-0.2, -0.15) is 0 Å². The summed E-state index contributed by atoms with van der Waals surface area (Å²) in [6.45, 7) is 25.6. The minimum atomic E-state index is -0.401. The Balaban J connectivity index is 1.13. The molecule has 14 rings (SSSR count). The van der Waals surface area contributed by atoms with Crippen LogP contribution >= 0.6 is 0 Å². The first-order chi connectivity index (χ1) is 38.3. The summed E-state index contributed by atoms with van der Waals surface area (Å²) in [7, 11) is 0. The number of rotatable bonds is 5. The number of hydrogen-bond donors (Lipinski definition) is 0. The predicted octanol–water partition coefficient (Wildman–Crippen LogP) is 19.2. The number of hydrogen-bond acceptors (Lipinski definition) is 3. The maximum absolute atomic E-state index is 7.43. The number of fused-ring (bicyclic) bond motifs is 9. The largest absolute Gasteiger partial charge is 0.453 e. The van der Waals surface area contributed by atoms with Gasteiger partial charge < -0.3 is 14.4 Å². The Morgan fingerprint density at radius 1 is 0.438 bits per heavy atom. The standard InChI is InChI=1S/C76H69BN2O/c1-73(2,3)54-34-31-49(32-35-54)68-58-42-50(53-40-51(47-23-15-12-16-24-47)39-52(41-53)48-25-17-13-18-26-48)33-37-62(58)77-71-59(68)46-65-70(76(10,11)61-29-21-22-30-63(61)78(65)57-27-19-14-20-28-57)69(71)60-43-56(75(7,8)9)45-67-72(60)79(77)64-38-36-55(74(4,5)6)44-66(64)80-67/h12-46,68H,1-11H3. The summed E-state index contributed by atoms with van der Waals surface area (Å²) in [5.41, 5.74) is 28.0. The molecule has 4 aliphatic rings. The third kappa shape index (κ3) is 7.84. The summed E-state index contributed by atoms with van der Waals surface area (Å²) < 4.78 is 7.43. The van der Waals surface area contributed by atoms with Gasteiger partial charge in [0.25, 0.3) is 0 Å². The van der Waals surface area contributed by atoms with Gasteiger partial charge in [0.05, 0.1) is 22.7 Å². The summed E-state index contributed by atoms with van der Waals surface area (Å²) in [6.07, 6.45) is 0. The third-order valence-electron chi connectivity index (χ3n) is 18.0. The molecule has 0 N–H and O–H groups in total. The molecule has 0 amide bonds. The molecular weight excluding hydrogens is 968 g/mol. The fraction of sp³-hybridized carbons (Fsp3) is 0.211. The van der Waals surface area contributed by atoms with Crippen molar-refractivity contribution in [2.24, 2.45) is 0 Å². The molecule has 0 saturated heterocycles. The minimum absolute atomic E-state index is 0.00952. The van der Waals surface area contributed by atoms with E-state index in [0.717, 1.165) is 28.6 Å². The second-order valence-corrected chi connectivity index (χ2v) is 26.6. The van der Waals surface area contributed by atoms with E-state index in [9.17, 15) is 0 Å². The zero-order chi connectivity index (χ0) is 55.2. The molecule has 392 valence electrons. The highest BCUT2D eigenvalue weighted by Crippen LogP contribution is 2.62. The molecule has 0 aromatic heterocycles. The predicted molar refractivity (Wildman–Crippen MR) is 339 cm³/mol. The topological polar surface area (TPSA) is 15.7 Å². The van der Waals surface area contributed by atoms with E-state index < -0.39 is 5.41 Å². The lowest BCUT2D eigenvalue weighted by atomic mass is 9.39. The Morgan fingerprint density at radius 2 is 1.00 bits per heavy atom. The molecule has 0 saturated carbocycles. The van der Waals surface area contributed by atoms with Crippen LogP contribution in [0.25, 0.3) is 44.5 Å². The summed E-state index contributed by atoms with van der Waals surface area (Å²) >= 11 is 0. The van der Waals surface area contributed by atoms with Crippen molar-refractivity contribution < 1.29 is 4.74 Å². The number of para-hydroxylation sites is 2. The van der Waals surface area contributed by atoms with Crippen LogP contribution < -0.4 is 25.4 Å². The van der Waals surface area contributed by atoms with Crippen LogP contribution in [-0.4, -0.2) is 6.85 Å². The lowest BCUT2D eigenvalue weighted by Crippen LogP contribution is -2.63. The minimum Gasteiger partial charge on any atom is -0.453 e. The maximum atomic E-state index is 7.43. The maximum Gasteiger partial charge on any atom is 0.329 e.